The Hall–Kier alpha value is -1.46. The van der Waals surface area contributed by atoms with Crippen molar-refractivity contribution in [3.8, 4) is 0 Å². The molecule has 1 aliphatic heterocycles. The van der Waals surface area contributed by atoms with Gasteiger partial charge in [-0.15, -0.1) is 0 Å². The van der Waals surface area contributed by atoms with Crippen molar-refractivity contribution in [1.82, 2.24) is 4.90 Å². The van der Waals surface area contributed by atoms with Gasteiger partial charge >= 0.3 is 0 Å². The van der Waals surface area contributed by atoms with Crippen molar-refractivity contribution in [2.24, 2.45) is 17.6 Å². The van der Waals surface area contributed by atoms with Crippen LogP contribution in [0.2, 0.25) is 0 Å². The van der Waals surface area contributed by atoms with Crippen LogP contribution in [0.4, 0.5) is 5.69 Å². The molecule has 1 aromatic rings. The Morgan fingerprint density at radius 2 is 2.00 bits per heavy atom. The normalized spacial score (nSPS) is 23.8. The van der Waals surface area contributed by atoms with Gasteiger partial charge in [0.25, 0.3) is 0 Å². The van der Waals surface area contributed by atoms with Gasteiger partial charge in [0.1, 0.15) is 4.99 Å². The number of carbonyl (C=O) groups excluding carboxylic acids is 1. The number of likely N-dealkylation sites (tertiary alicyclic amines) is 1. The maximum absolute atomic E-state index is 12.4. The predicted molar refractivity (Wildman–Crippen MR) is 90.3 cm³/mol. The zero-order valence-corrected chi connectivity index (χ0v) is 13.6. The molecule has 0 saturated carbocycles. The quantitative estimate of drug-likeness (QED) is 0.838. The summed E-state index contributed by atoms with van der Waals surface area (Å²) in [7, 11) is 0. The second kappa shape index (κ2) is 6.54. The summed E-state index contributed by atoms with van der Waals surface area (Å²) in [6.07, 6.45) is 0. The van der Waals surface area contributed by atoms with E-state index in [-0.39, 0.29) is 11.9 Å². The van der Waals surface area contributed by atoms with Crippen LogP contribution in [0.15, 0.2) is 24.3 Å². The highest BCUT2D eigenvalue weighted by atomic mass is 32.1. The lowest BCUT2D eigenvalue weighted by Crippen LogP contribution is -2.40. The molecule has 1 heterocycles. The monoisotopic (exact) mass is 305 g/mol. The first kappa shape index (κ1) is 15.9. The van der Waals surface area contributed by atoms with E-state index in [0.717, 1.165) is 24.3 Å². The lowest BCUT2D eigenvalue weighted by Gasteiger charge is -2.23. The first-order chi connectivity index (χ1) is 9.88. The lowest BCUT2D eigenvalue weighted by atomic mass is 10.0. The van der Waals surface area contributed by atoms with Gasteiger partial charge in [-0.3, -0.25) is 9.69 Å². The number of carbonyl (C=O) groups is 1. The van der Waals surface area contributed by atoms with Crippen LogP contribution in [0.25, 0.3) is 0 Å². The first-order valence-electron chi connectivity index (χ1n) is 7.33. The number of anilines is 1. The molecule has 3 unspecified atom stereocenters. The Bertz CT molecular complexity index is 536. The minimum atomic E-state index is -0.133. The average molecular weight is 305 g/mol. The number of amides is 1. The number of rotatable bonds is 4. The Labute approximate surface area is 131 Å². The minimum Gasteiger partial charge on any atom is -0.389 e. The standard InChI is InChI=1S/C16H23N3OS/c1-10-8-19(9-11(10)2)12(3)16(20)18-14-6-4-5-13(7-14)15(17)21/h4-7,10-12H,8-9H2,1-3H3,(H2,17,21)(H,18,20). The number of hydrogen-bond acceptors (Lipinski definition) is 3. The highest BCUT2D eigenvalue weighted by molar-refractivity contribution is 7.80. The van der Waals surface area contributed by atoms with Crippen LogP contribution < -0.4 is 11.1 Å². The van der Waals surface area contributed by atoms with Crippen molar-refractivity contribution in [3.63, 3.8) is 0 Å². The van der Waals surface area contributed by atoms with E-state index >= 15 is 0 Å². The average Bonchev–Trinajstić information content (AvgIpc) is 2.78. The van der Waals surface area contributed by atoms with Crippen molar-refractivity contribution in [2.75, 3.05) is 18.4 Å². The largest absolute Gasteiger partial charge is 0.389 e. The molecule has 1 aromatic carbocycles. The maximum Gasteiger partial charge on any atom is 0.241 e. The Kier molecular flexibility index (Phi) is 4.96. The summed E-state index contributed by atoms with van der Waals surface area (Å²) in [5, 5.41) is 2.95. The molecule has 2 rings (SSSR count). The smallest absolute Gasteiger partial charge is 0.241 e. The number of nitrogens with zero attached hydrogens (tertiary/aromatic N) is 1. The number of nitrogens with two attached hydrogens (primary N) is 1. The van der Waals surface area contributed by atoms with Gasteiger partial charge in [0.2, 0.25) is 5.91 Å². The van der Waals surface area contributed by atoms with Crippen LogP contribution in [0.1, 0.15) is 26.3 Å². The van der Waals surface area contributed by atoms with Gasteiger partial charge in [-0.05, 0) is 30.9 Å². The summed E-state index contributed by atoms with van der Waals surface area (Å²) in [6, 6.07) is 7.20. The molecule has 1 fully saturated rings. The third-order valence-corrected chi connectivity index (χ3v) is 4.59. The van der Waals surface area contributed by atoms with Gasteiger partial charge in [0.05, 0.1) is 6.04 Å². The highest BCUT2D eigenvalue weighted by Crippen LogP contribution is 2.24. The topological polar surface area (TPSA) is 58.4 Å². The fraction of sp³-hybridized carbons (Fsp3) is 0.500. The van der Waals surface area contributed by atoms with Crippen LogP contribution in [-0.2, 0) is 4.79 Å². The number of benzene rings is 1. The van der Waals surface area contributed by atoms with E-state index in [1.807, 2.05) is 31.2 Å². The van der Waals surface area contributed by atoms with Crippen LogP contribution in [0, 0.1) is 11.8 Å². The molecular weight excluding hydrogens is 282 g/mol. The van der Waals surface area contributed by atoms with Gasteiger partial charge in [-0.1, -0.05) is 38.2 Å². The molecule has 0 radical (unpaired) electrons. The van der Waals surface area contributed by atoms with Crippen LogP contribution in [0.3, 0.4) is 0 Å². The van der Waals surface area contributed by atoms with Crippen LogP contribution in [0.5, 0.6) is 0 Å². The van der Waals surface area contributed by atoms with Gasteiger partial charge in [0, 0.05) is 24.3 Å². The van der Waals surface area contributed by atoms with E-state index in [2.05, 4.69) is 24.1 Å². The molecule has 0 bridgehead atoms. The second-order valence-corrected chi connectivity index (χ2v) is 6.46. The minimum absolute atomic E-state index is 0.0105. The fourth-order valence-corrected chi connectivity index (χ4v) is 2.78. The number of hydrogen-bond donors (Lipinski definition) is 2. The van der Waals surface area contributed by atoms with E-state index in [4.69, 9.17) is 18.0 Å². The maximum atomic E-state index is 12.4. The Morgan fingerprint density at radius 3 is 2.57 bits per heavy atom. The van der Waals surface area contributed by atoms with Crippen molar-refractivity contribution < 1.29 is 4.79 Å². The molecule has 5 heteroatoms. The zero-order valence-electron chi connectivity index (χ0n) is 12.8. The van der Waals surface area contributed by atoms with Gasteiger partial charge in [0.15, 0.2) is 0 Å². The lowest BCUT2D eigenvalue weighted by molar-refractivity contribution is -0.120. The third-order valence-electron chi connectivity index (χ3n) is 4.36. The fourth-order valence-electron chi connectivity index (χ4n) is 2.65. The molecule has 1 amide bonds. The summed E-state index contributed by atoms with van der Waals surface area (Å²) in [6.45, 7) is 8.38. The molecular formula is C16H23N3OS. The number of thiocarbonyl (C=S) groups is 1. The highest BCUT2D eigenvalue weighted by Gasteiger charge is 2.31. The van der Waals surface area contributed by atoms with Crippen molar-refractivity contribution in [3.05, 3.63) is 29.8 Å². The molecule has 1 aliphatic rings. The first-order valence-corrected chi connectivity index (χ1v) is 7.74. The SMILES string of the molecule is CC1CN(C(C)C(=O)Nc2cccc(C(N)=S)c2)CC1C. The molecule has 1 saturated heterocycles. The molecule has 4 nitrogen and oxygen atoms in total. The van der Waals surface area contributed by atoms with Crippen molar-refractivity contribution in [1.29, 1.82) is 0 Å². The molecule has 0 spiro atoms. The van der Waals surface area contributed by atoms with Gasteiger partial charge in [-0.25, -0.2) is 0 Å². The second-order valence-electron chi connectivity index (χ2n) is 6.02. The van der Waals surface area contributed by atoms with E-state index in [1.54, 1.807) is 0 Å². The summed E-state index contributed by atoms with van der Waals surface area (Å²) < 4.78 is 0. The van der Waals surface area contributed by atoms with E-state index in [9.17, 15) is 4.79 Å². The summed E-state index contributed by atoms with van der Waals surface area (Å²) in [5.74, 6) is 1.28. The summed E-state index contributed by atoms with van der Waals surface area (Å²) in [5.41, 5.74) is 7.11. The zero-order chi connectivity index (χ0) is 15.6. The molecule has 0 aromatic heterocycles. The summed E-state index contributed by atoms with van der Waals surface area (Å²) in [4.78, 5) is 14.9. The Morgan fingerprint density at radius 1 is 1.38 bits per heavy atom. The van der Waals surface area contributed by atoms with Gasteiger partial charge < -0.3 is 11.1 Å². The molecule has 0 aliphatic carbocycles. The van der Waals surface area contributed by atoms with E-state index < -0.39 is 0 Å². The molecule has 3 N–H and O–H groups in total. The van der Waals surface area contributed by atoms with Crippen LogP contribution in [-0.4, -0.2) is 34.9 Å². The number of nitrogens with one attached hydrogen (secondary N) is 1. The summed E-state index contributed by atoms with van der Waals surface area (Å²) >= 11 is 4.96. The van der Waals surface area contributed by atoms with E-state index in [0.29, 0.717) is 16.8 Å². The van der Waals surface area contributed by atoms with Crippen LogP contribution >= 0.6 is 12.2 Å². The van der Waals surface area contributed by atoms with E-state index in [1.165, 1.54) is 0 Å². The Balaban J connectivity index is 2.01. The van der Waals surface area contributed by atoms with Crippen molar-refractivity contribution in [2.45, 2.75) is 26.8 Å². The molecule has 21 heavy (non-hydrogen) atoms. The molecule has 3 atom stereocenters. The van der Waals surface area contributed by atoms with Crippen molar-refractivity contribution >= 4 is 28.8 Å². The molecule has 114 valence electrons. The van der Waals surface area contributed by atoms with Gasteiger partial charge in [-0.2, -0.15) is 0 Å². The third kappa shape index (κ3) is 3.80. The predicted octanol–water partition coefficient (Wildman–Crippen LogP) is 2.24.